The van der Waals surface area contributed by atoms with E-state index in [0.717, 1.165) is 27.5 Å². The van der Waals surface area contributed by atoms with E-state index in [2.05, 4.69) is 62.4 Å². The zero-order chi connectivity index (χ0) is 17.9. The van der Waals surface area contributed by atoms with E-state index in [0.29, 0.717) is 0 Å². The van der Waals surface area contributed by atoms with Crippen molar-refractivity contribution < 1.29 is 4.42 Å². The van der Waals surface area contributed by atoms with Gasteiger partial charge in [0.2, 0.25) is 0 Å². The van der Waals surface area contributed by atoms with Crippen LogP contribution in [-0.2, 0) is 0 Å². The van der Waals surface area contributed by atoms with Crippen LogP contribution in [0.5, 0.6) is 0 Å². The van der Waals surface area contributed by atoms with Crippen LogP contribution in [0.1, 0.15) is 11.1 Å². The highest BCUT2D eigenvalue weighted by molar-refractivity contribution is 7.99. The van der Waals surface area contributed by atoms with Crippen LogP contribution in [0.2, 0.25) is 0 Å². The highest BCUT2D eigenvalue weighted by atomic mass is 32.2. The second kappa shape index (κ2) is 7.27. The Balaban J connectivity index is 1.82. The fourth-order valence-electron chi connectivity index (χ4n) is 2.92. The summed E-state index contributed by atoms with van der Waals surface area (Å²) in [5.74, 6) is 1.83. The number of aryl methyl sites for hydroxylation is 2. The van der Waals surface area contributed by atoms with Gasteiger partial charge in [-0.25, -0.2) is 0 Å². The van der Waals surface area contributed by atoms with Gasteiger partial charge < -0.3 is 4.42 Å². The second-order valence-corrected chi connectivity index (χ2v) is 7.49. The molecule has 0 N–H and O–H groups in total. The SMILES string of the molecule is Cc1ccc(C)c(Sc2cc(-c3ccccc3)oc2-c2ccccc2)c1. The summed E-state index contributed by atoms with van der Waals surface area (Å²) in [7, 11) is 0. The topological polar surface area (TPSA) is 13.1 Å². The lowest BCUT2D eigenvalue weighted by molar-refractivity contribution is 0.592. The molecule has 0 atom stereocenters. The molecule has 0 unspecified atom stereocenters. The van der Waals surface area contributed by atoms with Crippen LogP contribution in [0.3, 0.4) is 0 Å². The van der Waals surface area contributed by atoms with Crippen LogP contribution in [-0.4, -0.2) is 0 Å². The molecule has 0 bridgehead atoms. The fourth-order valence-corrected chi connectivity index (χ4v) is 4.05. The third-order valence-electron chi connectivity index (χ3n) is 4.36. The van der Waals surface area contributed by atoms with Gasteiger partial charge in [-0.05, 0) is 37.1 Å². The standard InChI is InChI=1S/C24H20OS/c1-17-13-14-18(2)22(15-17)26-23-16-21(19-9-5-3-6-10-19)25-24(23)20-11-7-4-8-12-20/h3-16H,1-2H3. The maximum atomic E-state index is 6.31. The quantitative estimate of drug-likeness (QED) is 0.378. The molecule has 4 rings (SSSR count). The Labute approximate surface area is 158 Å². The van der Waals surface area contributed by atoms with Gasteiger partial charge in [-0.3, -0.25) is 0 Å². The summed E-state index contributed by atoms with van der Waals surface area (Å²) >= 11 is 1.77. The first-order valence-corrected chi connectivity index (χ1v) is 9.52. The molecule has 4 aromatic rings. The minimum atomic E-state index is 0.900. The van der Waals surface area contributed by atoms with E-state index < -0.39 is 0 Å². The van der Waals surface area contributed by atoms with Gasteiger partial charge in [0.15, 0.2) is 0 Å². The number of hydrogen-bond donors (Lipinski definition) is 0. The van der Waals surface area contributed by atoms with Crippen molar-refractivity contribution in [3.8, 4) is 22.6 Å². The van der Waals surface area contributed by atoms with Crippen molar-refractivity contribution in [2.45, 2.75) is 23.6 Å². The molecule has 3 aromatic carbocycles. The van der Waals surface area contributed by atoms with Gasteiger partial charge in [-0.2, -0.15) is 0 Å². The number of hydrogen-bond acceptors (Lipinski definition) is 2. The molecule has 0 radical (unpaired) electrons. The highest BCUT2D eigenvalue weighted by Crippen LogP contribution is 2.42. The molecule has 0 saturated carbocycles. The molecule has 1 nitrogen and oxygen atoms in total. The lowest BCUT2D eigenvalue weighted by atomic mass is 10.1. The third kappa shape index (κ3) is 3.47. The van der Waals surface area contributed by atoms with E-state index in [1.165, 1.54) is 16.0 Å². The van der Waals surface area contributed by atoms with E-state index in [9.17, 15) is 0 Å². The van der Waals surface area contributed by atoms with Crippen LogP contribution < -0.4 is 0 Å². The van der Waals surface area contributed by atoms with Crippen LogP contribution >= 0.6 is 11.8 Å². The summed E-state index contributed by atoms with van der Waals surface area (Å²) in [5, 5.41) is 0. The second-order valence-electron chi connectivity index (χ2n) is 6.41. The molecule has 26 heavy (non-hydrogen) atoms. The molecule has 0 aliphatic heterocycles. The molecule has 0 spiro atoms. The smallest absolute Gasteiger partial charge is 0.148 e. The Morgan fingerprint density at radius 1 is 0.654 bits per heavy atom. The Morgan fingerprint density at radius 3 is 2.00 bits per heavy atom. The van der Waals surface area contributed by atoms with Gasteiger partial charge in [0.05, 0.1) is 4.90 Å². The molecule has 0 saturated heterocycles. The largest absolute Gasteiger partial charge is 0.455 e. The van der Waals surface area contributed by atoms with Crippen molar-refractivity contribution in [2.24, 2.45) is 0 Å². The first-order chi connectivity index (χ1) is 12.7. The van der Waals surface area contributed by atoms with Gasteiger partial charge in [-0.1, -0.05) is 84.6 Å². The van der Waals surface area contributed by atoms with Gasteiger partial charge in [-0.15, -0.1) is 0 Å². The van der Waals surface area contributed by atoms with Crippen LogP contribution in [0.4, 0.5) is 0 Å². The van der Waals surface area contributed by atoms with Gasteiger partial charge >= 0.3 is 0 Å². The summed E-state index contributed by atoms with van der Waals surface area (Å²) in [6, 6.07) is 29.3. The molecule has 128 valence electrons. The lowest BCUT2D eigenvalue weighted by Crippen LogP contribution is -1.82. The predicted molar refractivity (Wildman–Crippen MR) is 110 cm³/mol. The summed E-state index contributed by atoms with van der Waals surface area (Å²) < 4.78 is 6.31. The lowest BCUT2D eigenvalue weighted by Gasteiger charge is -2.07. The Kier molecular flexibility index (Phi) is 4.68. The van der Waals surface area contributed by atoms with Crippen molar-refractivity contribution in [3.05, 3.63) is 96.1 Å². The average Bonchev–Trinajstić information content (AvgIpc) is 3.10. The van der Waals surface area contributed by atoms with Crippen molar-refractivity contribution in [3.63, 3.8) is 0 Å². The Hall–Kier alpha value is -2.71. The summed E-state index contributed by atoms with van der Waals surface area (Å²) in [6.07, 6.45) is 0. The zero-order valence-corrected chi connectivity index (χ0v) is 15.7. The summed E-state index contributed by atoms with van der Waals surface area (Å²) in [5.41, 5.74) is 4.74. The monoisotopic (exact) mass is 356 g/mol. The molecular weight excluding hydrogens is 336 g/mol. The molecular formula is C24H20OS. The van der Waals surface area contributed by atoms with E-state index in [-0.39, 0.29) is 0 Å². The molecule has 1 aromatic heterocycles. The number of benzene rings is 3. The molecule has 0 aliphatic carbocycles. The first-order valence-electron chi connectivity index (χ1n) is 8.70. The van der Waals surface area contributed by atoms with Crippen molar-refractivity contribution in [1.82, 2.24) is 0 Å². The normalized spacial score (nSPS) is 10.8. The van der Waals surface area contributed by atoms with E-state index in [1.807, 2.05) is 36.4 Å². The van der Waals surface area contributed by atoms with E-state index >= 15 is 0 Å². The third-order valence-corrected chi connectivity index (χ3v) is 5.54. The van der Waals surface area contributed by atoms with Gasteiger partial charge in [0, 0.05) is 16.0 Å². The van der Waals surface area contributed by atoms with E-state index in [1.54, 1.807) is 11.8 Å². The maximum absolute atomic E-state index is 6.31. The Morgan fingerprint density at radius 2 is 1.31 bits per heavy atom. The number of furan rings is 1. The predicted octanol–water partition coefficient (Wildman–Crippen LogP) is 7.38. The summed E-state index contributed by atoms with van der Waals surface area (Å²) in [6.45, 7) is 4.29. The number of rotatable bonds is 4. The first kappa shape index (κ1) is 16.7. The summed E-state index contributed by atoms with van der Waals surface area (Å²) in [4.78, 5) is 2.41. The van der Waals surface area contributed by atoms with Crippen molar-refractivity contribution >= 4 is 11.8 Å². The van der Waals surface area contributed by atoms with Crippen LogP contribution in [0.15, 0.2) is 99.1 Å². The van der Waals surface area contributed by atoms with Crippen molar-refractivity contribution in [2.75, 3.05) is 0 Å². The maximum Gasteiger partial charge on any atom is 0.148 e. The van der Waals surface area contributed by atoms with Crippen LogP contribution in [0.25, 0.3) is 22.6 Å². The molecule has 0 aliphatic rings. The van der Waals surface area contributed by atoms with Gasteiger partial charge in [0.25, 0.3) is 0 Å². The molecule has 2 heteroatoms. The fraction of sp³-hybridized carbons (Fsp3) is 0.0833. The van der Waals surface area contributed by atoms with Gasteiger partial charge in [0.1, 0.15) is 11.5 Å². The molecule has 0 fully saturated rings. The van der Waals surface area contributed by atoms with E-state index in [4.69, 9.17) is 4.42 Å². The van der Waals surface area contributed by atoms with Crippen LogP contribution in [0, 0.1) is 13.8 Å². The minimum absolute atomic E-state index is 0.900. The average molecular weight is 356 g/mol. The Bertz CT molecular complexity index is 1020. The minimum Gasteiger partial charge on any atom is -0.455 e. The molecule has 0 amide bonds. The highest BCUT2D eigenvalue weighted by Gasteiger charge is 2.16. The zero-order valence-electron chi connectivity index (χ0n) is 14.9. The molecule has 1 heterocycles. The van der Waals surface area contributed by atoms with Crippen molar-refractivity contribution in [1.29, 1.82) is 0 Å².